The number of aromatic nitrogens is 2. The Kier molecular flexibility index (Phi) is 5.91. The monoisotopic (exact) mass is 362 g/mol. The lowest BCUT2D eigenvalue weighted by molar-refractivity contribution is 0.0398. The maximum Gasteiger partial charge on any atom is 0.159 e. The quantitative estimate of drug-likeness (QED) is 0.727. The first-order valence-electron chi connectivity index (χ1n) is 8.31. The van der Waals surface area contributed by atoms with Crippen molar-refractivity contribution in [1.82, 2.24) is 14.9 Å². The molecule has 1 fully saturated rings. The predicted molar refractivity (Wildman–Crippen MR) is 102 cm³/mol. The van der Waals surface area contributed by atoms with Gasteiger partial charge in [0.1, 0.15) is 12.0 Å². The summed E-state index contributed by atoms with van der Waals surface area (Å²) in [5.41, 5.74) is 8.53. The topological polar surface area (TPSA) is 88.3 Å². The molecule has 1 aliphatic heterocycles. The molecule has 1 saturated heterocycles. The van der Waals surface area contributed by atoms with E-state index in [9.17, 15) is 0 Å². The summed E-state index contributed by atoms with van der Waals surface area (Å²) in [7, 11) is 0. The normalized spacial score (nSPS) is 15.1. The van der Waals surface area contributed by atoms with Gasteiger partial charge in [0.25, 0.3) is 0 Å². The molecule has 0 radical (unpaired) electrons. The van der Waals surface area contributed by atoms with Crippen LogP contribution in [-0.2, 0) is 4.74 Å². The zero-order chi connectivity index (χ0) is 17.6. The largest absolute Gasteiger partial charge is 0.393 e. The summed E-state index contributed by atoms with van der Waals surface area (Å²) < 4.78 is 5.35. The lowest BCUT2D eigenvalue weighted by Gasteiger charge is -2.26. The molecule has 1 aromatic carbocycles. The molecular weight excluding hydrogens is 340 g/mol. The molecule has 134 valence electrons. The Morgan fingerprint density at radius 1 is 1.24 bits per heavy atom. The van der Waals surface area contributed by atoms with Crippen LogP contribution in [0, 0.1) is 6.92 Å². The zero-order valence-electron chi connectivity index (χ0n) is 14.3. The highest BCUT2D eigenvalue weighted by Gasteiger charge is 2.12. The third kappa shape index (κ3) is 4.50. The third-order valence-electron chi connectivity index (χ3n) is 4.23. The molecule has 7 nitrogen and oxygen atoms in total. The fraction of sp³-hybridized carbons (Fsp3) is 0.412. The van der Waals surface area contributed by atoms with E-state index >= 15 is 0 Å². The third-order valence-corrected chi connectivity index (χ3v) is 4.64. The number of nitrogens with zero attached hydrogens (tertiary/aromatic N) is 3. The van der Waals surface area contributed by atoms with Crippen molar-refractivity contribution < 1.29 is 4.74 Å². The Morgan fingerprint density at radius 3 is 2.80 bits per heavy atom. The standard InChI is InChI=1S/C17H23ClN6O/c1-12-13(18)3-2-4-14(12)23-17-15(19)16(21-11-22-17)20-5-6-24-7-9-25-10-8-24/h2-4,11H,5-10,19H2,1H3,(H2,20,21,22,23). The lowest BCUT2D eigenvalue weighted by atomic mass is 10.2. The summed E-state index contributed by atoms with van der Waals surface area (Å²) in [4.78, 5) is 10.8. The highest BCUT2D eigenvalue weighted by atomic mass is 35.5. The van der Waals surface area contributed by atoms with Crippen molar-refractivity contribution in [2.75, 3.05) is 55.8 Å². The number of nitrogens with one attached hydrogen (secondary N) is 2. The number of halogens is 1. The Bertz CT molecular complexity index is 720. The number of nitrogen functional groups attached to an aromatic ring is 1. The Morgan fingerprint density at radius 2 is 2.00 bits per heavy atom. The van der Waals surface area contributed by atoms with Gasteiger partial charge >= 0.3 is 0 Å². The fourth-order valence-electron chi connectivity index (χ4n) is 2.66. The van der Waals surface area contributed by atoms with Crippen LogP contribution in [-0.4, -0.2) is 54.3 Å². The van der Waals surface area contributed by atoms with Gasteiger partial charge in [-0.25, -0.2) is 9.97 Å². The van der Waals surface area contributed by atoms with Gasteiger partial charge in [0.15, 0.2) is 11.6 Å². The number of ether oxygens (including phenoxy) is 1. The van der Waals surface area contributed by atoms with E-state index in [1.165, 1.54) is 6.33 Å². The summed E-state index contributed by atoms with van der Waals surface area (Å²) in [5.74, 6) is 1.19. The summed E-state index contributed by atoms with van der Waals surface area (Å²) in [6.45, 7) is 7.14. The second kappa shape index (κ2) is 8.33. The van der Waals surface area contributed by atoms with E-state index in [0.717, 1.165) is 50.6 Å². The minimum atomic E-state index is 0.490. The molecule has 1 aromatic heterocycles. The smallest absolute Gasteiger partial charge is 0.159 e. The van der Waals surface area contributed by atoms with E-state index in [2.05, 4.69) is 25.5 Å². The van der Waals surface area contributed by atoms with E-state index in [0.29, 0.717) is 22.3 Å². The van der Waals surface area contributed by atoms with Crippen LogP contribution in [0.5, 0.6) is 0 Å². The molecule has 0 unspecified atom stereocenters. The molecule has 0 amide bonds. The molecule has 0 saturated carbocycles. The van der Waals surface area contributed by atoms with Gasteiger partial charge in [0.2, 0.25) is 0 Å². The van der Waals surface area contributed by atoms with Gasteiger partial charge in [0, 0.05) is 36.9 Å². The molecule has 2 heterocycles. The van der Waals surface area contributed by atoms with E-state index in [4.69, 9.17) is 22.1 Å². The molecule has 0 bridgehead atoms. The molecule has 0 atom stereocenters. The number of anilines is 4. The van der Waals surface area contributed by atoms with Gasteiger partial charge in [-0.15, -0.1) is 0 Å². The minimum Gasteiger partial charge on any atom is -0.393 e. The minimum absolute atomic E-state index is 0.490. The Balaban J connectivity index is 1.64. The number of nitrogens with two attached hydrogens (primary N) is 1. The highest BCUT2D eigenvalue weighted by molar-refractivity contribution is 6.31. The van der Waals surface area contributed by atoms with Gasteiger partial charge in [0.05, 0.1) is 13.2 Å². The van der Waals surface area contributed by atoms with E-state index < -0.39 is 0 Å². The Labute approximate surface area is 152 Å². The average molecular weight is 363 g/mol. The van der Waals surface area contributed by atoms with E-state index in [1.807, 2.05) is 25.1 Å². The molecule has 0 aliphatic carbocycles. The molecule has 2 aromatic rings. The van der Waals surface area contributed by atoms with Crippen LogP contribution in [0.25, 0.3) is 0 Å². The van der Waals surface area contributed by atoms with Crippen molar-refractivity contribution in [3.63, 3.8) is 0 Å². The number of hydrogen-bond acceptors (Lipinski definition) is 7. The van der Waals surface area contributed by atoms with E-state index in [1.54, 1.807) is 0 Å². The molecule has 4 N–H and O–H groups in total. The van der Waals surface area contributed by atoms with Crippen LogP contribution in [0.15, 0.2) is 24.5 Å². The fourth-order valence-corrected chi connectivity index (χ4v) is 2.84. The van der Waals surface area contributed by atoms with Crippen molar-refractivity contribution in [1.29, 1.82) is 0 Å². The summed E-state index contributed by atoms with van der Waals surface area (Å²) in [5, 5.41) is 7.22. The molecule has 3 rings (SSSR count). The second-order valence-electron chi connectivity index (χ2n) is 5.90. The second-order valence-corrected chi connectivity index (χ2v) is 6.31. The van der Waals surface area contributed by atoms with Crippen molar-refractivity contribution in [3.8, 4) is 0 Å². The predicted octanol–water partition coefficient (Wildman–Crippen LogP) is 2.51. The molecule has 25 heavy (non-hydrogen) atoms. The molecule has 8 heteroatoms. The van der Waals surface area contributed by atoms with Gasteiger partial charge in [-0.3, -0.25) is 4.90 Å². The molecule has 0 spiro atoms. The maximum atomic E-state index is 6.22. The van der Waals surface area contributed by atoms with Crippen LogP contribution in [0.3, 0.4) is 0 Å². The van der Waals surface area contributed by atoms with Gasteiger partial charge in [-0.2, -0.15) is 0 Å². The first kappa shape index (κ1) is 17.7. The number of benzene rings is 1. The molecule has 1 aliphatic rings. The van der Waals surface area contributed by atoms with Crippen molar-refractivity contribution in [2.45, 2.75) is 6.92 Å². The first-order chi connectivity index (χ1) is 12.1. The summed E-state index contributed by atoms with van der Waals surface area (Å²) in [6.07, 6.45) is 1.50. The molecular formula is C17H23ClN6O. The summed E-state index contributed by atoms with van der Waals surface area (Å²) >= 11 is 6.16. The maximum absolute atomic E-state index is 6.22. The van der Waals surface area contributed by atoms with Crippen LogP contribution in [0.1, 0.15) is 5.56 Å². The van der Waals surface area contributed by atoms with Crippen LogP contribution in [0.4, 0.5) is 23.0 Å². The number of hydrogen-bond donors (Lipinski definition) is 3. The van der Waals surface area contributed by atoms with Crippen LogP contribution >= 0.6 is 11.6 Å². The van der Waals surface area contributed by atoms with Gasteiger partial charge < -0.3 is 21.1 Å². The van der Waals surface area contributed by atoms with Gasteiger partial charge in [-0.1, -0.05) is 17.7 Å². The Hall–Kier alpha value is -2.09. The SMILES string of the molecule is Cc1c(Cl)cccc1Nc1ncnc(NCCN2CCOCC2)c1N. The number of morpholine rings is 1. The van der Waals surface area contributed by atoms with Gasteiger partial charge in [-0.05, 0) is 24.6 Å². The van der Waals surface area contributed by atoms with Crippen molar-refractivity contribution in [2.24, 2.45) is 0 Å². The van der Waals surface area contributed by atoms with Crippen LogP contribution < -0.4 is 16.4 Å². The van der Waals surface area contributed by atoms with Crippen molar-refractivity contribution >= 4 is 34.6 Å². The lowest BCUT2D eigenvalue weighted by Crippen LogP contribution is -2.39. The van der Waals surface area contributed by atoms with Crippen LogP contribution in [0.2, 0.25) is 5.02 Å². The highest BCUT2D eigenvalue weighted by Crippen LogP contribution is 2.29. The average Bonchev–Trinajstić information content (AvgIpc) is 2.63. The van der Waals surface area contributed by atoms with E-state index in [-0.39, 0.29) is 0 Å². The summed E-state index contributed by atoms with van der Waals surface area (Å²) in [6, 6.07) is 5.68. The zero-order valence-corrected chi connectivity index (χ0v) is 15.0. The first-order valence-corrected chi connectivity index (χ1v) is 8.69. The van der Waals surface area contributed by atoms with Crippen molar-refractivity contribution in [3.05, 3.63) is 35.1 Å². The number of rotatable bonds is 6.